The Hall–Kier alpha value is -0.240. The van der Waals surface area contributed by atoms with Crippen LogP contribution in [0.2, 0.25) is 0 Å². The third-order valence-corrected chi connectivity index (χ3v) is 1.93. The van der Waals surface area contributed by atoms with Gasteiger partial charge in [-0.3, -0.25) is 0 Å². The van der Waals surface area contributed by atoms with Crippen molar-refractivity contribution in [2.45, 2.75) is 30.6 Å². The lowest BCUT2D eigenvalue weighted by Gasteiger charge is -2.37. The van der Waals surface area contributed by atoms with E-state index < -0.39 is 37.3 Å². The molecule has 71 valence electrons. The summed E-state index contributed by atoms with van der Waals surface area (Å²) in [5, 5.41) is 37.8. The predicted octanol–water partition coefficient (Wildman–Crippen LogP) is -2.82. The Balaban J connectivity index is 2.63. The Bertz CT molecular complexity index is 150. The zero-order chi connectivity index (χ0) is 9.30. The minimum Gasteiger partial charge on any atom is -0.394 e. The second-order valence-electron chi connectivity index (χ2n) is 2.78. The zero-order valence-corrected chi connectivity index (χ0v) is 6.33. The molecule has 1 unspecified atom stereocenters. The molecule has 1 aliphatic heterocycles. The third kappa shape index (κ3) is 1.58. The highest BCUT2D eigenvalue weighted by molar-refractivity contribution is 4.90. The summed E-state index contributed by atoms with van der Waals surface area (Å²) in [4.78, 5) is 0. The van der Waals surface area contributed by atoms with E-state index in [1.54, 1.807) is 0 Å². The summed E-state index contributed by atoms with van der Waals surface area (Å²) in [5.41, 5.74) is 5.20. The van der Waals surface area contributed by atoms with Gasteiger partial charge in [0.25, 0.3) is 0 Å². The fraction of sp³-hybridized carbons (Fsp3) is 1.00. The molecule has 0 spiro atoms. The highest BCUT2D eigenvalue weighted by atomic mass is 16.6. The van der Waals surface area contributed by atoms with E-state index >= 15 is 0 Å². The molecule has 0 aromatic heterocycles. The first-order valence-corrected chi connectivity index (χ1v) is 3.61. The third-order valence-electron chi connectivity index (χ3n) is 1.93. The van der Waals surface area contributed by atoms with Crippen LogP contribution in [0.25, 0.3) is 0 Å². The van der Waals surface area contributed by atoms with Crippen LogP contribution in [0.3, 0.4) is 0 Å². The van der Waals surface area contributed by atoms with Gasteiger partial charge in [-0.1, -0.05) is 0 Å². The monoisotopic (exact) mass is 178 g/mol. The average molecular weight is 178 g/mol. The van der Waals surface area contributed by atoms with Crippen LogP contribution in [0.1, 0.15) is 0 Å². The highest BCUT2D eigenvalue weighted by Gasteiger charge is 2.42. The van der Waals surface area contributed by atoms with Crippen molar-refractivity contribution >= 4 is 0 Å². The summed E-state index contributed by atoms with van der Waals surface area (Å²) in [6.07, 6.45) is -5.27. The topological polar surface area (TPSA) is 116 Å². The van der Waals surface area contributed by atoms with Crippen LogP contribution in [-0.2, 0) is 9.84 Å². The van der Waals surface area contributed by atoms with Crippen molar-refractivity contribution in [3.63, 3.8) is 0 Å². The summed E-state index contributed by atoms with van der Waals surface area (Å²) in [6.45, 7) is -0.510. The van der Waals surface area contributed by atoms with E-state index in [1.807, 2.05) is 0 Å². The molecule has 1 fully saturated rings. The first-order chi connectivity index (χ1) is 5.57. The number of aliphatic hydroxyl groups excluding tert-OH is 3. The van der Waals surface area contributed by atoms with Crippen molar-refractivity contribution in [2.75, 3.05) is 6.61 Å². The van der Waals surface area contributed by atoms with E-state index in [0.717, 1.165) is 0 Å². The molecule has 1 rings (SSSR count). The van der Waals surface area contributed by atoms with Crippen molar-refractivity contribution < 1.29 is 25.2 Å². The lowest BCUT2D eigenvalue weighted by molar-refractivity contribution is -0.267. The number of aliphatic hydroxyl groups is 3. The van der Waals surface area contributed by atoms with E-state index in [0.29, 0.717) is 0 Å². The molecule has 0 amide bonds. The first kappa shape index (κ1) is 9.85. The smallest absolute Gasteiger partial charge is 0.209 e. The molecule has 5 atom stereocenters. The van der Waals surface area contributed by atoms with Crippen LogP contribution < -0.4 is 5.73 Å². The number of rotatable bonds is 1. The van der Waals surface area contributed by atoms with Crippen molar-refractivity contribution in [3.05, 3.63) is 0 Å². The fourth-order valence-electron chi connectivity index (χ4n) is 1.10. The SMILES string of the molecule is N[C@H]1C([O])O[C@H](CO)[C@@H](O)[C@@H]1O. The Labute approximate surface area is 69.2 Å². The second-order valence-corrected chi connectivity index (χ2v) is 2.78. The van der Waals surface area contributed by atoms with Gasteiger partial charge >= 0.3 is 0 Å². The molecule has 1 radical (unpaired) electrons. The number of hydrogen-bond donors (Lipinski definition) is 4. The summed E-state index contributed by atoms with van der Waals surface area (Å²) < 4.78 is 4.59. The summed E-state index contributed by atoms with van der Waals surface area (Å²) in [6, 6.07) is -1.15. The largest absolute Gasteiger partial charge is 0.394 e. The van der Waals surface area contributed by atoms with Gasteiger partial charge in [0.2, 0.25) is 6.29 Å². The van der Waals surface area contributed by atoms with Crippen molar-refractivity contribution in [1.29, 1.82) is 0 Å². The first-order valence-electron chi connectivity index (χ1n) is 3.61. The minimum absolute atomic E-state index is 0.510. The maximum atomic E-state index is 10.9. The van der Waals surface area contributed by atoms with Crippen LogP contribution in [0.5, 0.6) is 0 Å². The van der Waals surface area contributed by atoms with Gasteiger partial charge in [-0.05, 0) is 0 Å². The highest BCUT2D eigenvalue weighted by Crippen LogP contribution is 2.18. The molecular formula is C6H12NO5. The fourth-order valence-corrected chi connectivity index (χ4v) is 1.10. The standard InChI is InChI=1S/C6H12NO5/c7-3-5(10)4(9)2(1-8)12-6(3)11/h2-6,8-10H,1,7H2/t2-,3-,4-,5-,6?/m1/s1. The molecule has 5 N–H and O–H groups in total. The normalized spacial score (nSPS) is 49.2. The molecule has 6 nitrogen and oxygen atoms in total. The van der Waals surface area contributed by atoms with E-state index in [9.17, 15) is 10.2 Å². The molecule has 0 aliphatic carbocycles. The van der Waals surface area contributed by atoms with E-state index in [2.05, 4.69) is 4.74 Å². The van der Waals surface area contributed by atoms with Crippen LogP contribution in [0.15, 0.2) is 0 Å². The van der Waals surface area contributed by atoms with Gasteiger partial charge in [0.05, 0.1) is 12.6 Å². The van der Waals surface area contributed by atoms with Gasteiger partial charge in [-0.25, -0.2) is 0 Å². The van der Waals surface area contributed by atoms with E-state index in [4.69, 9.17) is 15.9 Å². The molecule has 0 bridgehead atoms. The van der Waals surface area contributed by atoms with Gasteiger partial charge in [-0.15, -0.1) is 0 Å². The molecule has 0 aromatic carbocycles. The lowest BCUT2D eigenvalue weighted by Crippen LogP contribution is -2.61. The second kappa shape index (κ2) is 3.65. The average Bonchev–Trinajstić information content (AvgIpc) is 2.08. The quantitative estimate of drug-likeness (QED) is 0.345. The molecule has 6 heteroatoms. The molecular weight excluding hydrogens is 166 g/mol. The van der Waals surface area contributed by atoms with Gasteiger partial charge < -0.3 is 25.8 Å². The predicted molar refractivity (Wildman–Crippen MR) is 36.4 cm³/mol. The van der Waals surface area contributed by atoms with E-state index in [1.165, 1.54) is 0 Å². The zero-order valence-electron chi connectivity index (χ0n) is 6.33. The molecule has 0 aromatic rings. The van der Waals surface area contributed by atoms with Gasteiger partial charge in [0, 0.05) is 0 Å². The number of nitrogens with two attached hydrogens (primary N) is 1. The molecule has 12 heavy (non-hydrogen) atoms. The summed E-state index contributed by atoms with van der Waals surface area (Å²) >= 11 is 0. The molecule has 0 saturated carbocycles. The number of hydrogen-bond acceptors (Lipinski definition) is 5. The van der Waals surface area contributed by atoms with Crippen LogP contribution >= 0.6 is 0 Å². The summed E-state index contributed by atoms with van der Waals surface area (Å²) in [7, 11) is 0. The van der Waals surface area contributed by atoms with Crippen LogP contribution in [-0.4, -0.2) is 52.6 Å². The number of ether oxygens (including phenoxy) is 1. The molecule has 1 heterocycles. The van der Waals surface area contributed by atoms with Crippen LogP contribution in [0.4, 0.5) is 0 Å². The van der Waals surface area contributed by atoms with Crippen molar-refractivity contribution in [2.24, 2.45) is 5.73 Å². The Morgan fingerprint density at radius 3 is 2.42 bits per heavy atom. The van der Waals surface area contributed by atoms with Crippen molar-refractivity contribution in [1.82, 2.24) is 0 Å². The van der Waals surface area contributed by atoms with Crippen LogP contribution in [0, 0.1) is 0 Å². The molecule has 1 saturated heterocycles. The maximum Gasteiger partial charge on any atom is 0.209 e. The minimum atomic E-state index is -1.60. The Morgan fingerprint density at radius 1 is 1.33 bits per heavy atom. The van der Waals surface area contributed by atoms with Crippen molar-refractivity contribution in [3.8, 4) is 0 Å². The van der Waals surface area contributed by atoms with Gasteiger partial charge in [0.1, 0.15) is 18.3 Å². The lowest BCUT2D eigenvalue weighted by atomic mass is 9.98. The Kier molecular flexibility index (Phi) is 2.99. The maximum absolute atomic E-state index is 10.9. The van der Waals surface area contributed by atoms with Gasteiger partial charge in [0.15, 0.2) is 0 Å². The summed E-state index contributed by atoms with van der Waals surface area (Å²) in [5.74, 6) is 0. The van der Waals surface area contributed by atoms with E-state index in [-0.39, 0.29) is 0 Å². The Morgan fingerprint density at radius 2 is 1.92 bits per heavy atom. The van der Waals surface area contributed by atoms with Gasteiger partial charge in [-0.2, -0.15) is 5.11 Å². The molecule has 1 aliphatic rings.